The van der Waals surface area contributed by atoms with Gasteiger partial charge in [-0.15, -0.1) is 11.8 Å². The first-order valence-corrected chi connectivity index (χ1v) is 6.27. The van der Waals surface area contributed by atoms with Crippen molar-refractivity contribution < 1.29 is 9.53 Å². The van der Waals surface area contributed by atoms with E-state index in [0.717, 1.165) is 18.6 Å². The molecule has 0 bridgehead atoms. The molecule has 0 spiro atoms. The SMILES string of the molecule is N#C[C@@H]1COCCN1C(=O)[C@@H]1CCCS1. The van der Waals surface area contributed by atoms with Gasteiger partial charge in [-0.25, -0.2) is 0 Å². The zero-order valence-corrected chi connectivity index (χ0v) is 9.33. The second kappa shape index (κ2) is 4.86. The summed E-state index contributed by atoms with van der Waals surface area (Å²) in [6.07, 6.45) is 2.07. The minimum Gasteiger partial charge on any atom is -0.376 e. The predicted octanol–water partition coefficient (Wildman–Crippen LogP) is 0.633. The molecular weight excluding hydrogens is 212 g/mol. The molecule has 2 saturated heterocycles. The van der Waals surface area contributed by atoms with E-state index in [2.05, 4.69) is 6.07 Å². The number of rotatable bonds is 1. The van der Waals surface area contributed by atoms with Gasteiger partial charge in [0, 0.05) is 6.54 Å². The smallest absolute Gasteiger partial charge is 0.236 e. The molecular formula is C10H14N2O2S. The third-order valence-electron chi connectivity index (χ3n) is 2.77. The van der Waals surface area contributed by atoms with Crippen molar-refractivity contribution in [3.05, 3.63) is 0 Å². The first-order chi connectivity index (χ1) is 7.33. The van der Waals surface area contributed by atoms with Crippen LogP contribution >= 0.6 is 11.8 Å². The van der Waals surface area contributed by atoms with Crippen molar-refractivity contribution >= 4 is 17.7 Å². The van der Waals surface area contributed by atoms with E-state index in [-0.39, 0.29) is 17.2 Å². The average Bonchev–Trinajstić information content (AvgIpc) is 2.81. The first-order valence-electron chi connectivity index (χ1n) is 5.22. The highest BCUT2D eigenvalue weighted by molar-refractivity contribution is 8.00. The Balaban J connectivity index is 2.00. The van der Waals surface area contributed by atoms with Gasteiger partial charge in [-0.05, 0) is 18.6 Å². The Morgan fingerprint density at radius 2 is 2.47 bits per heavy atom. The van der Waals surface area contributed by atoms with E-state index in [4.69, 9.17) is 10.00 Å². The normalized spacial score (nSPS) is 31.3. The summed E-state index contributed by atoms with van der Waals surface area (Å²) in [6.45, 7) is 1.48. The molecule has 0 radical (unpaired) electrons. The van der Waals surface area contributed by atoms with E-state index >= 15 is 0 Å². The molecule has 82 valence electrons. The quantitative estimate of drug-likeness (QED) is 0.658. The lowest BCUT2D eigenvalue weighted by molar-refractivity contribution is -0.137. The number of thioether (sulfide) groups is 1. The van der Waals surface area contributed by atoms with Crippen molar-refractivity contribution in [2.24, 2.45) is 0 Å². The van der Waals surface area contributed by atoms with Crippen molar-refractivity contribution in [3.63, 3.8) is 0 Å². The molecule has 2 rings (SSSR count). The van der Waals surface area contributed by atoms with Crippen molar-refractivity contribution in [2.75, 3.05) is 25.5 Å². The Kier molecular flexibility index (Phi) is 3.49. The van der Waals surface area contributed by atoms with Crippen LogP contribution in [0.1, 0.15) is 12.8 Å². The highest BCUT2D eigenvalue weighted by atomic mass is 32.2. The molecule has 2 heterocycles. The van der Waals surface area contributed by atoms with Gasteiger partial charge >= 0.3 is 0 Å². The third kappa shape index (κ3) is 2.27. The highest BCUT2D eigenvalue weighted by Crippen LogP contribution is 2.28. The zero-order valence-electron chi connectivity index (χ0n) is 8.52. The molecule has 15 heavy (non-hydrogen) atoms. The molecule has 4 nitrogen and oxygen atoms in total. The number of amides is 1. The van der Waals surface area contributed by atoms with E-state index in [1.54, 1.807) is 16.7 Å². The molecule has 0 saturated carbocycles. The molecule has 0 unspecified atom stereocenters. The maximum Gasteiger partial charge on any atom is 0.236 e. The van der Waals surface area contributed by atoms with Gasteiger partial charge in [0.25, 0.3) is 0 Å². The first kappa shape index (κ1) is 10.8. The van der Waals surface area contributed by atoms with Crippen LogP contribution in [-0.4, -0.2) is 47.6 Å². The molecule has 2 fully saturated rings. The Labute approximate surface area is 93.6 Å². The molecule has 0 aromatic rings. The third-order valence-corrected chi connectivity index (χ3v) is 4.13. The van der Waals surface area contributed by atoms with Gasteiger partial charge in [0.15, 0.2) is 0 Å². The van der Waals surface area contributed by atoms with Gasteiger partial charge in [-0.2, -0.15) is 5.26 Å². The number of nitriles is 1. The zero-order chi connectivity index (χ0) is 10.7. The van der Waals surface area contributed by atoms with Gasteiger partial charge < -0.3 is 9.64 Å². The summed E-state index contributed by atoms with van der Waals surface area (Å²) in [4.78, 5) is 13.8. The van der Waals surface area contributed by atoms with Crippen LogP contribution < -0.4 is 0 Å². The molecule has 0 aliphatic carbocycles. The summed E-state index contributed by atoms with van der Waals surface area (Å²) in [5.41, 5.74) is 0. The van der Waals surface area contributed by atoms with Crippen LogP contribution in [0.2, 0.25) is 0 Å². The molecule has 0 N–H and O–H groups in total. The number of morpholine rings is 1. The molecule has 5 heteroatoms. The van der Waals surface area contributed by atoms with Gasteiger partial charge in [0.1, 0.15) is 6.04 Å². The number of carbonyl (C=O) groups excluding carboxylic acids is 1. The molecule has 2 atom stereocenters. The van der Waals surface area contributed by atoms with Crippen molar-refractivity contribution in [1.29, 1.82) is 5.26 Å². The van der Waals surface area contributed by atoms with Crippen LogP contribution in [0.5, 0.6) is 0 Å². The summed E-state index contributed by atoms with van der Waals surface area (Å²) < 4.78 is 5.19. The fourth-order valence-corrected chi connectivity index (χ4v) is 3.16. The Bertz CT molecular complexity index is 284. The number of nitrogens with zero attached hydrogens (tertiary/aromatic N) is 2. The fraction of sp³-hybridized carbons (Fsp3) is 0.800. The fourth-order valence-electron chi connectivity index (χ4n) is 1.93. The van der Waals surface area contributed by atoms with E-state index < -0.39 is 0 Å². The number of hydrogen-bond donors (Lipinski definition) is 0. The summed E-state index contributed by atoms with van der Waals surface area (Å²) in [5.74, 6) is 1.20. The van der Waals surface area contributed by atoms with Gasteiger partial charge in [0.05, 0.1) is 24.5 Å². The Morgan fingerprint density at radius 1 is 1.60 bits per heavy atom. The van der Waals surface area contributed by atoms with Crippen LogP contribution in [-0.2, 0) is 9.53 Å². The maximum atomic E-state index is 12.1. The standard InChI is InChI=1S/C10H14N2O2S/c11-6-8-7-14-4-3-12(8)10(13)9-2-1-5-15-9/h8-9H,1-5,7H2/t8-,9+/m1/s1. The Morgan fingerprint density at radius 3 is 3.13 bits per heavy atom. The van der Waals surface area contributed by atoms with Crippen molar-refractivity contribution in [2.45, 2.75) is 24.1 Å². The highest BCUT2D eigenvalue weighted by Gasteiger charge is 2.33. The molecule has 1 amide bonds. The molecule has 2 aliphatic rings. The lowest BCUT2D eigenvalue weighted by Gasteiger charge is -2.32. The van der Waals surface area contributed by atoms with Crippen molar-refractivity contribution in [3.8, 4) is 6.07 Å². The van der Waals surface area contributed by atoms with Gasteiger partial charge in [0.2, 0.25) is 5.91 Å². The number of ether oxygens (including phenoxy) is 1. The Hall–Kier alpha value is -0.730. The number of hydrogen-bond acceptors (Lipinski definition) is 4. The summed E-state index contributed by atoms with van der Waals surface area (Å²) in [5, 5.41) is 9.00. The second-order valence-corrected chi connectivity index (χ2v) is 5.06. The lowest BCUT2D eigenvalue weighted by atomic mass is 10.2. The minimum atomic E-state index is -0.382. The van der Waals surface area contributed by atoms with Crippen LogP contribution in [0.4, 0.5) is 0 Å². The minimum absolute atomic E-state index is 0.0824. The predicted molar refractivity (Wildman–Crippen MR) is 57.4 cm³/mol. The van der Waals surface area contributed by atoms with Crippen LogP contribution in [0.25, 0.3) is 0 Å². The second-order valence-electron chi connectivity index (χ2n) is 3.75. The van der Waals surface area contributed by atoms with Crippen LogP contribution in [0.15, 0.2) is 0 Å². The monoisotopic (exact) mass is 226 g/mol. The van der Waals surface area contributed by atoms with Crippen LogP contribution in [0.3, 0.4) is 0 Å². The molecule has 0 aromatic heterocycles. The molecule has 2 aliphatic heterocycles. The summed E-state index contributed by atoms with van der Waals surface area (Å²) in [7, 11) is 0. The van der Waals surface area contributed by atoms with Crippen LogP contribution in [0, 0.1) is 11.3 Å². The lowest BCUT2D eigenvalue weighted by Crippen LogP contribution is -2.50. The topological polar surface area (TPSA) is 53.3 Å². The largest absolute Gasteiger partial charge is 0.376 e. The van der Waals surface area contributed by atoms with Gasteiger partial charge in [-0.1, -0.05) is 0 Å². The van der Waals surface area contributed by atoms with E-state index in [9.17, 15) is 4.79 Å². The van der Waals surface area contributed by atoms with E-state index in [1.807, 2.05) is 0 Å². The summed E-state index contributed by atoms with van der Waals surface area (Å²) >= 11 is 1.72. The number of carbonyl (C=O) groups is 1. The summed E-state index contributed by atoms with van der Waals surface area (Å²) in [6, 6.07) is 1.75. The van der Waals surface area contributed by atoms with E-state index in [0.29, 0.717) is 19.8 Å². The average molecular weight is 226 g/mol. The van der Waals surface area contributed by atoms with Gasteiger partial charge in [-0.3, -0.25) is 4.79 Å². The van der Waals surface area contributed by atoms with Crippen molar-refractivity contribution in [1.82, 2.24) is 4.90 Å². The van der Waals surface area contributed by atoms with E-state index in [1.165, 1.54) is 0 Å². The molecule has 0 aromatic carbocycles. The maximum absolute atomic E-state index is 12.1.